The molecular weight excluding hydrogens is 547 g/mol. The summed E-state index contributed by atoms with van der Waals surface area (Å²) in [6.07, 6.45) is 0. The molecule has 45 heavy (non-hydrogen) atoms. The van der Waals surface area contributed by atoms with Gasteiger partial charge in [0.25, 0.3) is 0 Å². The quantitative estimate of drug-likeness (QED) is 0.213. The summed E-state index contributed by atoms with van der Waals surface area (Å²) in [6.45, 7) is 2.14. The Hall–Kier alpha value is -5.74. The minimum absolute atomic E-state index is 0.865. The van der Waals surface area contributed by atoms with Crippen LogP contribution in [0.15, 0.2) is 138 Å². The number of furan rings is 1. The molecule has 1 aliphatic heterocycles. The number of aryl methyl sites for hydroxylation is 1. The van der Waals surface area contributed by atoms with Crippen LogP contribution in [0.4, 0.5) is 11.4 Å². The predicted octanol–water partition coefficient (Wildman–Crippen LogP) is 9.52. The van der Waals surface area contributed by atoms with Crippen LogP contribution in [0.3, 0.4) is 0 Å². The first-order chi connectivity index (χ1) is 22.2. The number of anilines is 2. The molecule has 2 aromatic heterocycles. The number of nitrogens with one attached hydrogen (secondary N) is 1. The molecule has 209 valence electrons. The van der Waals surface area contributed by atoms with Crippen LogP contribution in [-0.4, -0.2) is 11.8 Å². The van der Waals surface area contributed by atoms with Crippen molar-refractivity contribution in [2.75, 3.05) is 5.32 Å². The van der Waals surface area contributed by atoms with E-state index in [9.17, 15) is 0 Å². The highest BCUT2D eigenvalue weighted by atomic mass is 16.3. The molecule has 1 radical (unpaired) electrons. The molecule has 3 heterocycles. The number of rotatable bonds is 3. The van der Waals surface area contributed by atoms with Crippen molar-refractivity contribution in [3.63, 3.8) is 0 Å². The van der Waals surface area contributed by atoms with E-state index < -0.39 is 0 Å². The lowest BCUT2D eigenvalue weighted by Crippen LogP contribution is -2.37. The molecule has 3 nitrogen and oxygen atoms in total. The van der Waals surface area contributed by atoms with Crippen molar-refractivity contribution in [3.05, 3.63) is 139 Å². The lowest BCUT2D eigenvalue weighted by atomic mass is 9.58. The third-order valence-electron chi connectivity index (χ3n) is 9.55. The number of aromatic nitrogens is 1. The second-order valence-corrected chi connectivity index (χ2v) is 12.1. The van der Waals surface area contributed by atoms with E-state index in [4.69, 9.17) is 4.42 Å². The third kappa shape index (κ3) is 3.42. The Morgan fingerprint density at radius 1 is 0.622 bits per heavy atom. The largest absolute Gasteiger partial charge is 0.454 e. The molecule has 10 rings (SSSR count). The maximum absolute atomic E-state index is 6.66. The first kappa shape index (κ1) is 24.7. The maximum atomic E-state index is 6.66. The summed E-state index contributed by atoms with van der Waals surface area (Å²) in [5, 5.41) is 11.1. The van der Waals surface area contributed by atoms with Crippen molar-refractivity contribution < 1.29 is 4.42 Å². The molecule has 1 N–H and O–H groups in total. The van der Waals surface area contributed by atoms with Gasteiger partial charge in [0.15, 0.2) is 12.9 Å². The van der Waals surface area contributed by atoms with Gasteiger partial charge in [-0.2, -0.15) is 0 Å². The van der Waals surface area contributed by atoms with Crippen LogP contribution in [0.2, 0.25) is 0 Å². The highest BCUT2D eigenvalue weighted by molar-refractivity contribution is 6.74. The van der Waals surface area contributed by atoms with Crippen molar-refractivity contribution in [1.82, 2.24) is 4.57 Å². The highest BCUT2D eigenvalue weighted by Crippen LogP contribution is 2.43. The van der Waals surface area contributed by atoms with Gasteiger partial charge in [-0.15, -0.1) is 0 Å². The minimum Gasteiger partial charge on any atom is -0.454 e. The third-order valence-corrected chi connectivity index (χ3v) is 9.55. The van der Waals surface area contributed by atoms with E-state index in [0.29, 0.717) is 0 Å². The molecule has 4 heteroatoms. The SMILES string of the molecule is Cc1ccccc1Nc1c(-c2cc3ccccc3c3c2[B]c2cccc4c5ccccc5n-3c24)ccc2c1oc1ccccc12. The van der Waals surface area contributed by atoms with E-state index in [-0.39, 0.29) is 0 Å². The molecule has 0 atom stereocenters. The van der Waals surface area contributed by atoms with E-state index in [1.165, 1.54) is 60.3 Å². The second kappa shape index (κ2) is 9.14. The molecular formula is C41H26BN2O. The van der Waals surface area contributed by atoms with E-state index in [0.717, 1.165) is 38.9 Å². The van der Waals surface area contributed by atoms with Crippen molar-refractivity contribution in [1.29, 1.82) is 0 Å². The molecule has 0 saturated heterocycles. The molecule has 0 spiro atoms. The number of hydrogen-bond acceptors (Lipinski definition) is 2. The van der Waals surface area contributed by atoms with Gasteiger partial charge in [0, 0.05) is 49.4 Å². The summed E-state index contributed by atoms with van der Waals surface area (Å²) in [5.74, 6) is 0. The van der Waals surface area contributed by atoms with Gasteiger partial charge in [-0.1, -0.05) is 109 Å². The van der Waals surface area contributed by atoms with Gasteiger partial charge in [0.05, 0.1) is 11.2 Å². The minimum atomic E-state index is 0.865. The van der Waals surface area contributed by atoms with E-state index in [2.05, 4.69) is 151 Å². The number of hydrogen-bond donors (Lipinski definition) is 1. The first-order valence-electron chi connectivity index (χ1n) is 15.4. The first-order valence-corrected chi connectivity index (χ1v) is 15.4. The second-order valence-electron chi connectivity index (χ2n) is 12.1. The summed E-state index contributed by atoms with van der Waals surface area (Å²) in [7, 11) is 2.39. The van der Waals surface area contributed by atoms with Crippen LogP contribution in [0.1, 0.15) is 5.56 Å². The fourth-order valence-corrected chi connectivity index (χ4v) is 7.49. The monoisotopic (exact) mass is 573 g/mol. The van der Waals surface area contributed by atoms with Crippen LogP contribution in [0.5, 0.6) is 0 Å². The van der Waals surface area contributed by atoms with Gasteiger partial charge in [-0.05, 0) is 59.2 Å². The van der Waals surface area contributed by atoms with E-state index in [1.54, 1.807) is 0 Å². The molecule has 0 bridgehead atoms. The molecule has 0 saturated carbocycles. The summed E-state index contributed by atoms with van der Waals surface area (Å²) >= 11 is 0. The fraction of sp³-hybridized carbons (Fsp3) is 0.0244. The van der Waals surface area contributed by atoms with Gasteiger partial charge in [0.2, 0.25) is 0 Å². The zero-order valence-corrected chi connectivity index (χ0v) is 24.6. The predicted molar refractivity (Wildman–Crippen MR) is 190 cm³/mol. The van der Waals surface area contributed by atoms with Gasteiger partial charge in [0.1, 0.15) is 5.58 Å². The summed E-state index contributed by atoms with van der Waals surface area (Å²) in [6, 6.07) is 47.8. The zero-order valence-electron chi connectivity index (χ0n) is 24.6. The Balaban J connectivity index is 1.35. The summed E-state index contributed by atoms with van der Waals surface area (Å²) < 4.78 is 9.15. The molecule has 7 aromatic carbocycles. The van der Waals surface area contributed by atoms with Crippen LogP contribution >= 0.6 is 0 Å². The lowest BCUT2D eigenvalue weighted by Gasteiger charge is -2.26. The number of nitrogens with zero attached hydrogens (tertiary/aromatic N) is 1. The average Bonchev–Trinajstić information content (AvgIpc) is 3.63. The Kier molecular flexibility index (Phi) is 5.01. The van der Waals surface area contributed by atoms with Gasteiger partial charge in [-0.3, -0.25) is 0 Å². The van der Waals surface area contributed by atoms with Crippen molar-refractivity contribution in [2.24, 2.45) is 0 Å². The standard InChI is InChI=1S/C41H26BN2O/c1-24-11-2-7-18-34(24)43-38-29(21-22-31-28-15-6-9-20-36(28)45-41(31)38)32-23-25-12-3-4-13-26(25)40-37(32)42-33-17-10-16-30-27-14-5-8-19-35(27)44(40)39(30)33/h2-23,43H,1H3. The Morgan fingerprint density at radius 2 is 1.38 bits per heavy atom. The Morgan fingerprint density at radius 3 is 2.29 bits per heavy atom. The van der Waals surface area contributed by atoms with Gasteiger partial charge >= 0.3 is 0 Å². The maximum Gasteiger partial charge on any atom is 0.197 e. The fourth-order valence-electron chi connectivity index (χ4n) is 7.49. The Labute approximate surface area is 260 Å². The number of benzene rings is 7. The highest BCUT2D eigenvalue weighted by Gasteiger charge is 2.28. The molecule has 0 amide bonds. The normalized spacial score (nSPS) is 12.3. The molecule has 0 aliphatic carbocycles. The van der Waals surface area contributed by atoms with Crippen molar-refractivity contribution >= 4 is 84.1 Å². The molecule has 1 aliphatic rings. The number of para-hydroxylation sites is 4. The van der Waals surface area contributed by atoms with Crippen molar-refractivity contribution in [2.45, 2.75) is 6.92 Å². The van der Waals surface area contributed by atoms with Crippen LogP contribution in [0.25, 0.3) is 71.3 Å². The smallest absolute Gasteiger partial charge is 0.197 e. The topological polar surface area (TPSA) is 30.1 Å². The lowest BCUT2D eigenvalue weighted by molar-refractivity contribution is 0.670. The zero-order chi connectivity index (χ0) is 29.6. The van der Waals surface area contributed by atoms with Crippen molar-refractivity contribution in [3.8, 4) is 16.8 Å². The summed E-state index contributed by atoms with van der Waals surface area (Å²) in [4.78, 5) is 0. The van der Waals surface area contributed by atoms with E-state index in [1.807, 2.05) is 6.07 Å². The Bertz CT molecular complexity index is 2680. The van der Waals surface area contributed by atoms with Crippen LogP contribution < -0.4 is 16.2 Å². The molecule has 9 aromatic rings. The van der Waals surface area contributed by atoms with Crippen LogP contribution in [0, 0.1) is 6.92 Å². The van der Waals surface area contributed by atoms with Gasteiger partial charge < -0.3 is 14.3 Å². The molecule has 0 fully saturated rings. The van der Waals surface area contributed by atoms with Gasteiger partial charge in [-0.25, -0.2) is 0 Å². The average molecular weight is 573 g/mol. The number of fused-ring (bicyclic) bond motifs is 10. The summed E-state index contributed by atoms with van der Waals surface area (Å²) in [5.41, 5.74) is 13.4. The molecule has 0 unspecified atom stereocenters. The van der Waals surface area contributed by atoms with E-state index >= 15 is 0 Å². The van der Waals surface area contributed by atoms with Crippen LogP contribution in [-0.2, 0) is 0 Å².